The van der Waals surface area contributed by atoms with Crippen LogP contribution in [0.15, 0.2) is 24.3 Å². The topological polar surface area (TPSA) is 90.7 Å². The van der Waals surface area contributed by atoms with Crippen LogP contribution >= 0.6 is 0 Å². The second-order valence-corrected chi connectivity index (χ2v) is 5.86. The van der Waals surface area contributed by atoms with Crippen LogP contribution in [0.25, 0.3) is 0 Å². The number of hydrogen-bond donors (Lipinski definition) is 0. The second-order valence-electron chi connectivity index (χ2n) is 5.86. The van der Waals surface area contributed by atoms with Crippen LogP contribution in [0.1, 0.15) is 44.6 Å². The number of aryl methyl sites for hydroxylation is 1. The van der Waals surface area contributed by atoms with E-state index in [0.717, 1.165) is 5.69 Å². The highest BCUT2D eigenvalue weighted by atomic mass is 16.7. The first-order valence-corrected chi connectivity index (χ1v) is 8.23. The van der Waals surface area contributed by atoms with Crippen molar-refractivity contribution in [3.8, 4) is 0 Å². The number of imide groups is 1. The Kier molecular flexibility index (Phi) is 4.85. The van der Waals surface area contributed by atoms with Gasteiger partial charge in [-0.3, -0.25) is 9.59 Å². The van der Waals surface area contributed by atoms with Crippen molar-refractivity contribution >= 4 is 17.8 Å². The Morgan fingerprint density at radius 2 is 1.73 bits per heavy atom. The van der Waals surface area contributed by atoms with E-state index in [2.05, 4.69) is 5.10 Å². The summed E-state index contributed by atoms with van der Waals surface area (Å²) in [6, 6.07) is 6.34. The van der Waals surface area contributed by atoms with Crippen molar-refractivity contribution in [2.75, 3.05) is 6.61 Å². The van der Waals surface area contributed by atoms with E-state index < -0.39 is 17.8 Å². The van der Waals surface area contributed by atoms with Gasteiger partial charge in [-0.05, 0) is 32.9 Å². The Morgan fingerprint density at radius 1 is 1.12 bits per heavy atom. The molecule has 0 atom stereocenters. The van der Waals surface area contributed by atoms with Gasteiger partial charge in [0, 0.05) is 17.9 Å². The number of fused-ring (bicyclic) bond motifs is 1. The minimum absolute atomic E-state index is 0.100. The maximum atomic E-state index is 12.3. The third kappa shape index (κ3) is 3.11. The van der Waals surface area contributed by atoms with Gasteiger partial charge in [-0.1, -0.05) is 17.2 Å². The van der Waals surface area contributed by atoms with E-state index in [1.807, 2.05) is 13.8 Å². The monoisotopic (exact) mass is 357 g/mol. The van der Waals surface area contributed by atoms with Gasteiger partial charge in [0.15, 0.2) is 0 Å². The fraction of sp³-hybridized carbons (Fsp3) is 0.333. The lowest BCUT2D eigenvalue weighted by Gasteiger charge is -2.12. The van der Waals surface area contributed by atoms with Crippen LogP contribution < -0.4 is 0 Å². The molecule has 2 amide bonds. The summed E-state index contributed by atoms with van der Waals surface area (Å²) in [5, 5.41) is 4.85. The molecule has 0 spiro atoms. The van der Waals surface area contributed by atoms with Gasteiger partial charge in [0.1, 0.15) is 6.73 Å². The van der Waals surface area contributed by atoms with E-state index >= 15 is 0 Å². The number of hydroxylamine groups is 2. The predicted molar refractivity (Wildman–Crippen MR) is 90.1 cm³/mol. The van der Waals surface area contributed by atoms with Crippen LogP contribution in [0.4, 0.5) is 0 Å². The quantitative estimate of drug-likeness (QED) is 0.732. The summed E-state index contributed by atoms with van der Waals surface area (Å²) >= 11 is 0. The fourth-order valence-corrected chi connectivity index (χ4v) is 2.82. The molecule has 2 heterocycles. The lowest BCUT2D eigenvalue weighted by Crippen LogP contribution is -2.33. The number of amides is 2. The molecule has 0 saturated carbocycles. The molecule has 1 aliphatic heterocycles. The lowest BCUT2D eigenvalue weighted by atomic mass is 10.1. The van der Waals surface area contributed by atoms with Crippen molar-refractivity contribution in [2.45, 2.75) is 33.9 Å². The van der Waals surface area contributed by atoms with Gasteiger partial charge in [-0.25, -0.2) is 9.48 Å². The number of benzene rings is 1. The Bertz CT molecular complexity index is 852. The normalized spacial score (nSPS) is 13.3. The van der Waals surface area contributed by atoms with Crippen molar-refractivity contribution in [2.24, 2.45) is 0 Å². The van der Waals surface area contributed by atoms with Crippen LogP contribution in [0.3, 0.4) is 0 Å². The fourth-order valence-electron chi connectivity index (χ4n) is 2.82. The molecule has 0 N–H and O–H groups in total. The van der Waals surface area contributed by atoms with Crippen LogP contribution in [0.2, 0.25) is 0 Å². The molecule has 2 aromatic rings. The van der Waals surface area contributed by atoms with Crippen molar-refractivity contribution in [1.82, 2.24) is 14.8 Å². The Hall–Kier alpha value is -3.00. The van der Waals surface area contributed by atoms with Crippen LogP contribution in [-0.4, -0.2) is 39.2 Å². The third-order valence-electron chi connectivity index (χ3n) is 4.22. The zero-order valence-electron chi connectivity index (χ0n) is 14.8. The van der Waals surface area contributed by atoms with Crippen LogP contribution in [-0.2, 0) is 27.5 Å². The van der Waals surface area contributed by atoms with E-state index in [1.165, 1.54) is 12.1 Å². The standard InChI is InChI=1S/C18H19N3O5/c1-4-25-10-20-12(3)15(11(2)19-20)9-16(22)26-21-17(23)13-7-5-6-8-14(13)18(21)24/h5-8H,4,9-10H2,1-3H3. The number of ether oxygens (including phenoxy) is 1. The van der Waals surface area contributed by atoms with E-state index in [0.29, 0.717) is 22.9 Å². The SMILES string of the molecule is CCOCn1nc(C)c(CC(=O)ON2C(=O)c3ccccc3C2=O)c1C. The summed E-state index contributed by atoms with van der Waals surface area (Å²) in [5.74, 6) is -1.99. The maximum absolute atomic E-state index is 12.3. The zero-order chi connectivity index (χ0) is 18.8. The Morgan fingerprint density at radius 3 is 2.31 bits per heavy atom. The van der Waals surface area contributed by atoms with E-state index in [4.69, 9.17) is 9.57 Å². The summed E-state index contributed by atoms with van der Waals surface area (Å²) in [6.45, 7) is 6.32. The lowest BCUT2D eigenvalue weighted by molar-refractivity contribution is -0.167. The van der Waals surface area contributed by atoms with Crippen LogP contribution in [0.5, 0.6) is 0 Å². The molecule has 3 rings (SSSR count). The molecule has 0 saturated heterocycles. The zero-order valence-corrected chi connectivity index (χ0v) is 14.8. The van der Waals surface area contributed by atoms with Crippen molar-refractivity contribution < 1.29 is 24.0 Å². The average molecular weight is 357 g/mol. The van der Waals surface area contributed by atoms with Crippen molar-refractivity contribution in [1.29, 1.82) is 0 Å². The molecule has 8 nitrogen and oxygen atoms in total. The van der Waals surface area contributed by atoms with Crippen LogP contribution in [0, 0.1) is 13.8 Å². The molecule has 0 unspecified atom stereocenters. The van der Waals surface area contributed by atoms with Gasteiger partial charge in [0.05, 0.1) is 23.2 Å². The van der Waals surface area contributed by atoms with E-state index in [-0.39, 0.29) is 24.3 Å². The number of hydrogen-bond acceptors (Lipinski definition) is 6. The molecule has 1 aliphatic rings. The molecular formula is C18H19N3O5. The third-order valence-corrected chi connectivity index (χ3v) is 4.22. The number of nitrogens with zero attached hydrogens (tertiary/aromatic N) is 3. The minimum atomic E-state index is -0.707. The molecule has 0 aliphatic carbocycles. The predicted octanol–water partition coefficient (Wildman–Crippen LogP) is 1.79. The van der Waals surface area contributed by atoms with Crippen molar-refractivity contribution in [3.63, 3.8) is 0 Å². The van der Waals surface area contributed by atoms with Gasteiger partial charge in [-0.15, -0.1) is 0 Å². The summed E-state index contributed by atoms with van der Waals surface area (Å²) in [4.78, 5) is 41.8. The van der Waals surface area contributed by atoms with Crippen molar-refractivity contribution in [3.05, 3.63) is 52.3 Å². The van der Waals surface area contributed by atoms with Gasteiger partial charge >= 0.3 is 5.97 Å². The minimum Gasteiger partial charge on any atom is -0.360 e. The largest absolute Gasteiger partial charge is 0.360 e. The Balaban J connectivity index is 1.72. The van der Waals surface area contributed by atoms with Gasteiger partial charge in [0.25, 0.3) is 11.8 Å². The maximum Gasteiger partial charge on any atom is 0.337 e. The van der Waals surface area contributed by atoms with E-state index in [1.54, 1.807) is 23.7 Å². The molecule has 8 heteroatoms. The summed E-state index contributed by atoms with van der Waals surface area (Å²) in [5.41, 5.74) is 2.58. The summed E-state index contributed by atoms with van der Waals surface area (Å²) in [7, 11) is 0. The summed E-state index contributed by atoms with van der Waals surface area (Å²) < 4.78 is 6.99. The average Bonchev–Trinajstić information content (AvgIpc) is 3.03. The number of aromatic nitrogens is 2. The first-order chi connectivity index (χ1) is 12.4. The molecule has 0 fully saturated rings. The number of carbonyl (C=O) groups is 3. The molecule has 0 radical (unpaired) electrons. The molecule has 136 valence electrons. The second kappa shape index (κ2) is 7.09. The molecule has 1 aromatic carbocycles. The highest BCUT2D eigenvalue weighted by Crippen LogP contribution is 2.23. The molecule has 1 aromatic heterocycles. The number of rotatable bonds is 6. The smallest absolute Gasteiger partial charge is 0.337 e. The highest BCUT2D eigenvalue weighted by Gasteiger charge is 2.38. The van der Waals surface area contributed by atoms with Gasteiger partial charge < -0.3 is 9.57 Å². The molecular weight excluding hydrogens is 338 g/mol. The first-order valence-electron chi connectivity index (χ1n) is 8.23. The van der Waals surface area contributed by atoms with Gasteiger partial charge in [-0.2, -0.15) is 5.10 Å². The highest BCUT2D eigenvalue weighted by molar-refractivity contribution is 6.20. The molecule has 0 bridgehead atoms. The molecule has 26 heavy (non-hydrogen) atoms. The Labute approximate surface area is 150 Å². The number of carbonyl (C=O) groups excluding carboxylic acids is 3. The summed E-state index contributed by atoms with van der Waals surface area (Å²) in [6.07, 6.45) is -0.100. The van der Waals surface area contributed by atoms with Gasteiger partial charge in [0.2, 0.25) is 0 Å². The first kappa shape index (κ1) is 17.8. The van der Waals surface area contributed by atoms with E-state index in [9.17, 15) is 14.4 Å².